The molecule has 27 heavy (non-hydrogen) atoms. The second-order valence-corrected chi connectivity index (χ2v) is 7.99. The van der Waals surface area contributed by atoms with Gasteiger partial charge < -0.3 is 4.90 Å². The summed E-state index contributed by atoms with van der Waals surface area (Å²) in [5.74, 6) is 3.71. The lowest BCUT2D eigenvalue weighted by atomic mass is 9.96. The van der Waals surface area contributed by atoms with Crippen LogP contribution in [-0.4, -0.2) is 42.9 Å². The maximum Gasteiger partial charge on any atom is 0.178 e. The normalized spacial score (nSPS) is 17.8. The van der Waals surface area contributed by atoms with Crippen molar-refractivity contribution < 1.29 is 0 Å². The van der Waals surface area contributed by atoms with E-state index in [0.29, 0.717) is 11.8 Å². The van der Waals surface area contributed by atoms with Gasteiger partial charge in [-0.25, -0.2) is 9.97 Å². The third kappa shape index (κ3) is 2.95. The van der Waals surface area contributed by atoms with Gasteiger partial charge in [0.2, 0.25) is 0 Å². The first-order valence-electron chi connectivity index (χ1n) is 10.0. The summed E-state index contributed by atoms with van der Waals surface area (Å²) in [6, 6.07) is 4.19. The van der Waals surface area contributed by atoms with Gasteiger partial charge in [-0.1, -0.05) is 13.8 Å². The Morgan fingerprint density at radius 1 is 1.11 bits per heavy atom. The summed E-state index contributed by atoms with van der Waals surface area (Å²) in [7, 11) is 0. The Bertz CT molecular complexity index is 970. The average molecular weight is 363 g/mol. The summed E-state index contributed by atoms with van der Waals surface area (Å²) < 4.78 is 1.99. The van der Waals surface area contributed by atoms with Crippen LogP contribution >= 0.6 is 0 Å². The van der Waals surface area contributed by atoms with E-state index in [-0.39, 0.29) is 0 Å². The van der Waals surface area contributed by atoms with Gasteiger partial charge in [-0.05, 0) is 49.8 Å². The maximum atomic E-state index is 4.86. The van der Waals surface area contributed by atoms with Gasteiger partial charge in [-0.15, -0.1) is 10.2 Å². The lowest BCUT2D eigenvalue weighted by Crippen LogP contribution is -2.34. The highest BCUT2D eigenvalue weighted by atomic mass is 15.4. The predicted molar refractivity (Wildman–Crippen MR) is 103 cm³/mol. The van der Waals surface area contributed by atoms with Gasteiger partial charge in [0.15, 0.2) is 11.5 Å². The highest BCUT2D eigenvalue weighted by Crippen LogP contribution is 2.30. The van der Waals surface area contributed by atoms with E-state index in [1.54, 1.807) is 0 Å². The molecular weight excluding hydrogens is 338 g/mol. The minimum Gasteiger partial charge on any atom is -0.356 e. The summed E-state index contributed by atoms with van der Waals surface area (Å²) in [6.45, 7) is 6.20. The van der Waals surface area contributed by atoms with Crippen LogP contribution in [0.3, 0.4) is 0 Å². The molecular formula is C20H25N7. The molecule has 3 aromatic rings. The number of hydrogen-bond donors (Lipinski definition) is 0. The number of hydrogen-bond acceptors (Lipinski definition) is 6. The van der Waals surface area contributed by atoms with Crippen molar-refractivity contribution in [1.29, 1.82) is 0 Å². The van der Waals surface area contributed by atoms with Crippen molar-refractivity contribution in [1.82, 2.24) is 29.8 Å². The molecule has 1 aliphatic heterocycles. The first-order chi connectivity index (χ1) is 13.2. The smallest absolute Gasteiger partial charge is 0.178 e. The summed E-state index contributed by atoms with van der Waals surface area (Å²) in [5, 5.41) is 13.8. The minimum atomic E-state index is 0.345. The summed E-state index contributed by atoms with van der Waals surface area (Å²) in [6.07, 6.45) is 7.36. The Balaban J connectivity index is 1.35. The molecule has 3 aromatic heterocycles. The van der Waals surface area contributed by atoms with Crippen molar-refractivity contribution in [3.63, 3.8) is 0 Å². The fourth-order valence-electron chi connectivity index (χ4n) is 4.23. The van der Waals surface area contributed by atoms with Crippen LogP contribution in [0.5, 0.6) is 0 Å². The second kappa shape index (κ2) is 6.55. The quantitative estimate of drug-likeness (QED) is 0.712. The van der Waals surface area contributed by atoms with Gasteiger partial charge in [0.05, 0.1) is 5.69 Å². The Morgan fingerprint density at radius 2 is 1.96 bits per heavy atom. The fourth-order valence-corrected chi connectivity index (χ4v) is 4.23. The number of nitrogens with zero attached hydrogens (tertiary/aromatic N) is 7. The third-order valence-electron chi connectivity index (χ3n) is 5.80. The van der Waals surface area contributed by atoms with Crippen LogP contribution in [0.4, 0.5) is 5.82 Å². The molecule has 140 valence electrons. The Morgan fingerprint density at radius 3 is 2.78 bits per heavy atom. The Hall–Kier alpha value is -2.57. The van der Waals surface area contributed by atoms with Crippen molar-refractivity contribution in [2.75, 3.05) is 18.0 Å². The highest BCUT2D eigenvalue weighted by molar-refractivity contribution is 5.43. The van der Waals surface area contributed by atoms with E-state index in [2.05, 4.69) is 40.0 Å². The first-order valence-corrected chi connectivity index (χ1v) is 10.0. The van der Waals surface area contributed by atoms with Gasteiger partial charge in [0.1, 0.15) is 11.6 Å². The van der Waals surface area contributed by atoms with Gasteiger partial charge in [-0.3, -0.25) is 0 Å². The zero-order valence-electron chi connectivity index (χ0n) is 16.0. The van der Waals surface area contributed by atoms with E-state index in [4.69, 9.17) is 10.1 Å². The van der Waals surface area contributed by atoms with Crippen molar-refractivity contribution in [2.24, 2.45) is 0 Å². The molecule has 1 saturated heterocycles. The van der Waals surface area contributed by atoms with Gasteiger partial charge in [-0.2, -0.15) is 9.61 Å². The van der Waals surface area contributed by atoms with Crippen LogP contribution in [0, 0.1) is 0 Å². The molecule has 0 amide bonds. The fraction of sp³-hybridized carbons (Fsp3) is 0.550. The number of anilines is 1. The topological polar surface area (TPSA) is 72.1 Å². The van der Waals surface area contributed by atoms with Crippen LogP contribution < -0.4 is 4.90 Å². The molecule has 5 rings (SSSR count). The molecule has 0 radical (unpaired) electrons. The van der Waals surface area contributed by atoms with Crippen molar-refractivity contribution >= 4 is 11.5 Å². The molecule has 0 spiro atoms. The van der Waals surface area contributed by atoms with Crippen molar-refractivity contribution in [3.8, 4) is 0 Å². The van der Waals surface area contributed by atoms with Crippen LogP contribution in [0.15, 0.2) is 18.3 Å². The van der Waals surface area contributed by atoms with E-state index in [1.165, 1.54) is 17.7 Å². The van der Waals surface area contributed by atoms with E-state index < -0.39 is 0 Å². The maximum absolute atomic E-state index is 4.86. The number of aryl methyl sites for hydroxylation is 2. The first kappa shape index (κ1) is 16.6. The highest BCUT2D eigenvalue weighted by Gasteiger charge is 2.27. The molecule has 2 aliphatic rings. The molecule has 0 N–H and O–H groups in total. The number of rotatable bonds is 3. The van der Waals surface area contributed by atoms with E-state index in [1.807, 2.05) is 16.8 Å². The summed E-state index contributed by atoms with van der Waals surface area (Å²) in [4.78, 5) is 11.5. The number of aromatic nitrogens is 6. The van der Waals surface area contributed by atoms with Crippen LogP contribution in [-0.2, 0) is 12.8 Å². The van der Waals surface area contributed by atoms with Crippen LogP contribution in [0.25, 0.3) is 5.65 Å². The summed E-state index contributed by atoms with van der Waals surface area (Å²) >= 11 is 0. The lowest BCUT2D eigenvalue weighted by Gasteiger charge is -2.32. The summed E-state index contributed by atoms with van der Waals surface area (Å²) in [5.41, 5.74) is 3.47. The lowest BCUT2D eigenvalue weighted by molar-refractivity contribution is 0.474. The molecule has 7 nitrogen and oxygen atoms in total. The monoisotopic (exact) mass is 363 g/mol. The Labute approximate surface area is 158 Å². The minimum absolute atomic E-state index is 0.345. The van der Waals surface area contributed by atoms with Crippen molar-refractivity contribution in [3.05, 3.63) is 41.2 Å². The number of fused-ring (bicyclic) bond motifs is 2. The van der Waals surface area contributed by atoms with Gasteiger partial charge in [0, 0.05) is 31.1 Å². The average Bonchev–Trinajstić information content (AvgIpc) is 3.32. The molecule has 0 bridgehead atoms. The number of piperidine rings is 1. The van der Waals surface area contributed by atoms with Crippen LogP contribution in [0.2, 0.25) is 0 Å². The third-order valence-corrected chi connectivity index (χ3v) is 5.80. The van der Waals surface area contributed by atoms with Gasteiger partial charge >= 0.3 is 0 Å². The molecule has 4 heterocycles. The zero-order chi connectivity index (χ0) is 18.4. The molecule has 1 aliphatic carbocycles. The predicted octanol–water partition coefficient (Wildman–Crippen LogP) is 2.91. The molecule has 0 atom stereocenters. The Kier molecular flexibility index (Phi) is 4.02. The molecule has 0 aromatic carbocycles. The van der Waals surface area contributed by atoms with E-state index >= 15 is 0 Å². The SMILES string of the molecule is CC(C)c1nccc(N2CCC(c3nnc4cc5c(nn34)CCC5)CC2)n1. The molecule has 0 saturated carbocycles. The van der Waals surface area contributed by atoms with Gasteiger partial charge in [0.25, 0.3) is 0 Å². The largest absolute Gasteiger partial charge is 0.356 e. The standard InChI is InChI=1S/C20H25N7/c1-13(2)19-21-9-6-17(22-19)26-10-7-14(8-11-26)20-24-23-18-12-15-4-3-5-16(15)25-27(18)20/h6,9,12-14H,3-5,7-8,10-11H2,1-2H3. The zero-order valence-corrected chi connectivity index (χ0v) is 16.0. The van der Waals surface area contributed by atoms with Crippen LogP contribution in [0.1, 0.15) is 67.9 Å². The second-order valence-electron chi connectivity index (χ2n) is 7.99. The molecule has 7 heteroatoms. The van der Waals surface area contributed by atoms with E-state index in [9.17, 15) is 0 Å². The van der Waals surface area contributed by atoms with Crippen molar-refractivity contribution in [2.45, 2.75) is 57.8 Å². The molecule has 1 fully saturated rings. The van der Waals surface area contributed by atoms with E-state index in [0.717, 1.165) is 61.9 Å². The molecule has 0 unspecified atom stereocenters.